The van der Waals surface area contributed by atoms with Crippen molar-refractivity contribution in [3.63, 3.8) is 0 Å². The van der Waals surface area contributed by atoms with Crippen LogP contribution in [-0.2, 0) is 16.0 Å². The molecule has 0 bridgehead atoms. The van der Waals surface area contributed by atoms with E-state index in [0.717, 1.165) is 24.1 Å². The lowest BCUT2D eigenvalue weighted by Crippen LogP contribution is -2.52. The van der Waals surface area contributed by atoms with Gasteiger partial charge < -0.3 is 15.5 Å². The Labute approximate surface area is 113 Å². The molecule has 0 spiro atoms. The van der Waals surface area contributed by atoms with E-state index < -0.39 is 5.91 Å². The highest BCUT2D eigenvalue weighted by atomic mass is 16.2. The number of carbonyl (C=O) groups is 2. The zero-order valence-electron chi connectivity index (χ0n) is 11.1. The lowest BCUT2D eigenvalue weighted by Gasteiger charge is -2.31. The highest BCUT2D eigenvalue weighted by Crippen LogP contribution is 2.10. The molecule has 2 amide bonds. The topological polar surface area (TPSA) is 66.6 Å². The summed E-state index contributed by atoms with van der Waals surface area (Å²) in [5.41, 5.74) is 7.63. The van der Waals surface area contributed by atoms with Gasteiger partial charge in [0.15, 0.2) is 0 Å². The van der Waals surface area contributed by atoms with Gasteiger partial charge in [0, 0.05) is 32.4 Å². The maximum atomic E-state index is 11.7. The second-order valence-electron chi connectivity index (χ2n) is 4.87. The quantitative estimate of drug-likeness (QED) is 0.634. The van der Waals surface area contributed by atoms with Gasteiger partial charge in [-0.15, -0.1) is 0 Å². The van der Waals surface area contributed by atoms with E-state index in [-0.39, 0.29) is 5.91 Å². The van der Waals surface area contributed by atoms with E-state index in [9.17, 15) is 9.59 Å². The molecule has 0 unspecified atom stereocenters. The second kappa shape index (κ2) is 5.73. The first kappa shape index (κ1) is 13.4. The van der Waals surface area contributed by atoms with Gasteiger partial charge >= 0.3 is 11.8 Å². The molecule has 0 aliphatic carbocycles. The van der Waals surface area contributed by atoms with Crippen molar-refractivity contribution in [2.24, 2.45) is 0 Å². The van der Waals surface area contributed by atoms with Crippen LogP contribution in [0.2, 0.25) is 0 Å². The monoisotopic (exact) mass is 261 g/mol. The van der Waals surface area contributed by atoms with Gasteiger partial charge in [0.2, 0.25) is 0 Å². The first-order valence-corrected chi connectivity index (χ1v) is 6.46. The minimum absolute atomic E-state index is 0.388. The molecular weight excluding hydrogens is 242 g/mol. The highest BCUT2D eigenvalue weighted by molar-refractivity contribution is 6.35. The lowest BCUT2D eigenvalue weighted by atomic mass is 10.1. The van der Waals surface area contributed by atoms with Crippen LogP contribution in [0.4, 0.5) is 5.69 Å². The summed E-state index contributed by atoms with van der Waals surface area (Å²) in [5.74, 6) is -0.795. The number of nitrogen functional groups attached to an aromatic ring is 1. The fourth-order valence-electron chi connectivity index (χ4n) is 2.21. The summed E-state index contributed by atoms with van der Waals surface area (Å²) in [4.78, 5) is 26.4. The van der Waals surface area contributed by atoms with Gasteiger partial charge in [-0.2, -0.15) is 0 Å². The number of piperazine rings is 1. The van der Waals surface area contributed by atoms with E-state index in [0.29, 0.717) is 19.6 Å². The summed E-state index contributed by atoms with van der Waals surface area (Å²) in [5, 5.41) is 0. The maximum Gasteiger partial charge on any atom is 0.312 e. The molecule has 2 rings (SSSR count). The average Bonchev–Trinajstić information content (AvgIpc) is 2.39. The van der Waals surface area contributed by atoms with Crippen LogP contribution in [0.25, 0.3) is 0 Å². The molecule has 5 heteroatoms. The molecule has 0 aromatic heterocycles. The van der Waals surface area contributed by atoms with Gasteiger partial charge in [-0.05, 0) is 30.5 Å². The number of hydrogen-bond acceptors (Lipinski definition) is 3. The molecule has 102 valence electrons. The van der Waals surface area contributed by atoms with Gasteiger partial charge in [0.1, 0.15) is 0 Å². The van der Waals surface area contributed by atoms with E-state index in [2.05, 4.69) is 0 Å². The number of hydrogen-bond donors (Lipinski definition) is 1. The number of anilines is 1. The zero-order valence-corrected chi connectivity index (χ0v) is 11.1. The molecule has 1 aromatic rings. The summed E-state index contributed by atoms with van der Waals surface area (Å²) >= 11 is 0. The molecule has 1 aliphatic rings. The van der Waals surface area contributed by atoms with Crippen molar-refractivity contribution in [2.45, 2.75) is 12.8 Å². The Morgan fingerprint density at radius 3 is 2.74 bits per heavy atom. The van der Waals surface area contributed by atoms with Crippen LogP contribution in [0.5, 0.6) is 0 Å². The minimum Gasteiger partial charge on any atom is -0.399 e. The van der Waals surface area contributed by atoms with E-state index in [1.807, 2.05) is 24.3 Å². The predicted octanol–water partition coefficient (Wildman–Crippen LogP) is 0.502. The van der Waals surface area contributed by atoms with Crippen molar-refractivity contribution in [3.05, 3.63) is 29.8 Å². The number of rotatable bonds is 4. The minimum atomic E-state index is -0.407. The van der Waals surface area contributed by atoms with Crippen LogP contribution in [0.1, 0.15) is 12.0 Å². The van der Waals surface area contributed by atoms with Crippen LogP contribution in [0, 0.1) is 0 Å². The van der Waals surface area contributed by atoms with Crippen LogP contribution in [-0.4, -0.2) is 48.3 Å². The van der Waals surface area contributed by atoms with Gasteiger partial charge in [-0.25, -0.2) is 0 Å². The molecule has 1 fully saturated rings. The van der Waals surface area contributed by atoms with Gasteiger partial charge in [0.25, 0.3) is 0 Å². The van der Waals surface area contributed by atoms with Crippen molar-refractivity contribution in [3.8, 4) is 0 Å². The molecule has 5 nitrogen and oxygen atoms in total. The Hall–Kier alpha value is -2.04. The van der Waals surface area contributed by atoms with Crippen molar-refractivity contribution in [1.82, 2.24) is 9.80 Å². The second-order valence-corrected chi connectivity index (χ2v) is 4.87. The highest BCUT2D eigenvalue weighted by Gasteiger charge is 2.29. The largest absolute Gasteiger partial charge is 0.399 e. The predicted molar refractivity (Wildman–Crippen MR) is 73.4 cm³/mol. The SMILES string of the molecule is CN1CCN(CCCc2cccc(N)c2)C(=O)C1=O. The summed E-state index contributed by atoms with van der Waals surface area (Å²) in [6.45, 7) is 1.86. The number of aryl methyl sites for hydroxylation is 1. The number of amides is 2. The van der Waals surface area contributed by atoms with Crippen molar-refractivity contribution >= 4 is 17.5 Å². The number of benzene rings is 1. The number of nitrogens with zero attached hydrogens (tertiary/aromatic N) is 2. The van der Waals surface area contributed by atoms with E-state index >= 15 is 0 Å². The van der Waals surface area contributed by atoms with Gasteiger partial charge in [-0.1, -0.05) is 12.1 Å². The zero-order chi connectivity index (χ0) is 13.8. The molecule has 0 saturated carbocycles. The summed E-state index contributed by atoms with van der Waals surface area (Å²) in [7, 11) is 1.66. The lowest BCUT2D eigenvalue weighted by molar-refractivity contribution is -0.154. The maximum absolute atomic E-state index is 11.7. The van der Waals surface area contributed by atoms with Gasteiger partial charge in [0.05, 0.1) is 0 Å². The van der Waals surface area contributed by atoms with Crippen molar-refractivity contribution in [1.29, 1.82) is 0 Å². The van der Waals surface area contributed by atoms with E-state index in [1.54, 1.807) is 11.9 Å². The van der Waals surface area contributed by atoms with E-state index in [1.165, 1.54) is 4.90 Å². The average molecular weight is 261 g/mol. The summed E-state index contributed by atoms with van der Waals surface area (Å²) in [6, 6.07) is 7.74. The Balaban J connectivity index is 1.83. The third kappa shape index (κ3) is 3.24. The fourth-order valence-corrected chi connectivity index (χ4v) is 2.21. The smallest absolute Gasteiger partial charge is 0.312 e. The van der Waals surface area contributed by atoms with Crippen molar-refractivity contribution < 1.29 is 9.59 Å². The molecule has 1 aromatic carbocycles. The molecule has 1 heterocycles. The number of likely N-dealkylation sites (N-methyl/N-ethyl adjacent to an activating group) is 1. The Bertz CT molecular complexity index is 487. The van der Waals surface area contributed by atoms with Crippen LogP contribution < -0.4 is 5.73 Å². The Kier molecular flexibility index (Phi) is 4.04. The van der Waals surface area contributed by atoms with E-state index in [4.69, 9.17) is 5.73 Å². The fraction of sp³-hybridized carbons (Fsp3) is 0.429. The normalized spacial score (nSPS) is 16.1. The van der Waals surface area contributed by atoms with Gasteiger partial charge in [-0.3, -0.25) is 9.59 Å². The number of carbonyl (C=O) groups excluding carboxylic acids is 2. The van der Waals surface area contributed by atoms with Crippen LogP contribution in [0.3, 0.4) is 0 Å². The summed E-state index contributed by atoms with van der Waals surface area (Å²) in [6.07, 6.45) is 1.70. The standard InChI is InChI=1S/C14H19N3O2/c1-16-8-9-17(14(19)13(16)18)7-3-5-11-4-2-6-12(15)10-11/h2,4,6,10H,3,5,7-9,15H2,1H3. The first-order chi connectivity index (χ1) is 9.08. The van der Waals surface area contributed by atoms with Crippen molar-refractivity contribution in [2.75, 3.05) is 32.4 Å². The van der Waals surface area contributed by atoms with Crippen LogP contribution in [0.15, 0.2) is 24.3 Å². The summed E-state index contributed by atoms with van der Waals surface area (Å²) < 4.78 is 0. The number of nitrogens with two attached hydrogens (primary N) is 1. The molecule has 1 saturated heterocycles. The third-order valence-electron chi connectivity index (χ3n) is 3.37. The molecule has 0 atom stereocenters. The Morgan fingerprint density at radius 1 is 1.21 bits per heavy atom. The molecular formula is C14H19N3O2. The molecule has 0 radical (unpaired) electrons. The van der Waals surface area contributed by atoms with Crippen LogP contribution >= 0.6 is 0 Å². The molecule has 1 aliphatic heterocycles. The third-order valence-corrected chi connectivity index (χ3v) is 3.37. The first-order valence-electron chi connectivity index (χ1n) is 6.46. The Morgan fingerprint density at radius 2 is 2.00 bits per heavy atom. The molecule has 2 N–H and O–H groups in total. The molecule has 19 heavy (non-hydrogen) atoms.